The molecule has 2 heteroatoms. The lowest BCUT2D eigenvalue weighted by molar-refractivity contribution is 0.0984. The molecular weight excluding hydrogens is 275 g/mol. The molecule has 1 unspecified atom stereocenters. The quantitative estimate of drug-likeness (QED) is 0.470. The van der Waals surface area contributed by atoms with E-state index < -0.39 is 0 Å². The highest BCUT2D eigenvalue weighted by Gasteiger charge is 2.08. The van der Waals surface area contributed by atoms with Gasteiger partial charge in [0.15, 0.2) is 0 Å². The monoisotopic (exact) mass is 286 g/mol. The van der Waals surface area contributed by atoms with Crippen molar-refractivity contribution in [3.05, 3.63) is 35.9 Å². The zero-order valence-corrected chi connectivity index (χ0v) is 9.40. The maximum atomic E-state index is 5.48. The Kier molecular flexibility index (Phi) is 4.87. The van der Waals surface area contributed by atoms with Gasteiger partial charge < -0.3 is 4.74 Å². The molecule has 1 nitrogen and oxygen atoms in total. The highest BCUT2D eigenvalue weighted by atomic mass is 127. The Balaban J connectivity index is 2.63. The average Bonchev–Trinajstić information content (AvgIpc) is 2.21. The lowest BCUT2D eigenvalue weighted by Crippen LogP contribution is -2.05. The van der Waals surface area contributed by atoms with Crippen LogP contribution in [0.5, 0.6) is 0 Å². The molecule has 0 spiro atoms. The predicted octanol–water partition coefficient (Wildman–Crippen LogP) is 2.81. The lowest BCUT2D eigenvalue weighted by Gasteiger charge is -2.13. The van der Waals surface area contributed by atoms with Crippen LogP contribution in [0, 0.1) is 12.3 Å². The van der Waals surface area contributed by atoms with Gasteiger partial charge in [-0.3, -0.25) is 0 Å². The van der Waals surface area contributed by atoms with Crippen LogP contribution in [-0.4, -0.2) is 11.0 Å². The second kappa shape index (κ2) is 6.01. The molecule has 0 aromatic heterocycles. The van der Waals surface area contributed by atoms with E-state index in [-0.39, 0.29) is 6.10 Å². The van der Waals surface area contributed by atoms with E-state index in [1.807, 2.05) is 18.2 Å². The Morgan fingerprint density at radius 1 is 1.38 bits per heavy atom. The van der Waals surface area contributed by atoms with Gasteiger partial charge in [0.25, 0.3) is 0 Å². The van der Waals surface area contributed by atoms with Gasteiger partial charge in [-0.05, 0) is 5.56 Å². The van der Waals surface area contributed by atoms with Crippen LogP contribution in [-0.2, 0) is 4.74 Å². The van der Waals surface area contributed by atoms with Gasteiger partial charge in [0, 0.05) is 4.43 Å². The molecule has 0 saturated carbocycles. The molecule has 0 radical (unpaired) electrons. The highest BCUT2D eigenvalue weighted by Crippen LogP contribution is 2.18. The summed E-state index contributed by atoms with van der Waals surface area (Å²) in [7, 11) is 0. The van der Waals surface area contributed by atoms with E-state index in [0.717, 1.165) is 4.43 Å². The van der Waals surface area contributed by atoms with Crippen molar-refractivity contribution in [3.63, 3.8) is 0 Å². The number of alkyl halides is 1. The Morgan fingerprint density at radius 2 is 2.08 bits per heavy atom. The Bertz CT molecular complexity index is 276. The SMILES string of the molecule is C#CCOC(CI)c1ccccc1. The van der Waals surface area contributed by atoms with Crippen LogP contribution < -0.4 is 0 Å². The molecule has 1 aromatic rings. The van der Waals surface area contributed by atoms with E-state index in [1.165, 1.54) is 5.56 Å². The largest absolute Gasteiger partial charge is 0.360 e. The van der Waals surface area contributed by atoms with Crippen molar-refractivity contribution in [2.45, 2.75) is 6.10 Å². The summed E-state index contributed by atoms with van der Waals surface area (Å²) in [5, 5.41) is 0. The second-order valence-corrected chi connectivity index (χ2v) is 3.45. The summed E-state index contributed by atoms with van der Waals surface area (Å²) < 4.78 is 6.40. The van der Waals surface area contributed by atoms with Crippen molar-refractivity contribution < 1.29 is 4.74 Å². The second-order valence-electron chi connectivity index (χ2n) is 2.57. The van der Waals surface area contributed by atoms with Crippen LogP contribution in [0.4, 0.5) is 0 Å². The van der Waals surface area contributed by atoms with Crippen LogP contribution in [0.1, 0.15) is 11.7 Å². The number of hydrogen-bond donors (Lipinski definition) is 0. The van der Waals surface area contributed by atoms with E-state index >= 15 is 0 Å². The van der Waals surface area contributed by atoms with Gasteiger partial charge in [0.05, 0.1) is 6.10 Å². The summed E-state index contributed by atoms with van der Waals surface area (Å²) in [6, 6.07) is 10.1. The van der Waals surface area contributed by atoms with Gasteiger partial charge in [-0.25, -0.2) is 0 Å². The molecule has 0 bridgehead atoms. The van der Waals surface area contributed by atoms with E-state index in [1.54, 1.807) is 0 Å². The molecule has 0 amide bonds. The zero-order valence-electron chi connectivity index (χ0n) is 7.24. The third-order valence-electron chi connectivity index (χ3n) is 1.68. The van der Waals surface area contributed by atoms with Crippen molar-refractivity contribution >= 4 is 22.6 Å². The highest BCUT2D eigenvalue weighted by molar-refractivity contribution is 14.1. The van der Waals surface area contributed by atoms with E-state index in [2.05, 4.69) is 40.6 Å². The Labute approximate surface area is 92.6 Å². The molecule has 0 saturated heterocycles. The van der Waals surface area contributed by atoms with Crippen LogP contribution in [0.2, 0.25) is 0 Å². The topological polar surface area (TPSA) is 9.23 Å². The summed E-state index contributed by atoms with van der Waals surface area (Å²) in [5.74, 6) is 2.48. The Hall–Kier alpha value is -0.530. The minimum atomic E-state index is 0.123. The van der Waals surface area contributed by atoms with Crippen molar-refractivity contribution in [1.29, 1.82) is 0 Å². The van der Waals surface area contributed by atoms with E-state index in [4.69, 9.17) is 11.2 Å². The fourth-order valence-electron chi connectivity index (χ4n) is 1.05. The number of ether oxygens (including phenoxy) is 1. The summed E-state index contributed by atoms with van der Waals surface area (Å²) in [5.41, 5.74) is 1.19. The number of benzene rings is 1. The molecule has 0 aliphatic heterocycles. The van der Waals surface area contributed by atoms with Crippen molar-refractivity contribution in [2.75, 3.05) is 11.0 Å². The first-order chi connectivity index (χ1) is 6.38. The minimum absolute atomic E-state index is 0.123. The van der Waals surface area contributed by atoms with Gasteiger partial charge in [-0.15, -0.1) is 6.42 Å². The third kappa shape index (κ3) is 3.37. The normalized spacial score (nSPS) is 12.0. The summed E-state index contributed by atoms with van der Waals surface area (Å²) >= 11 is 2.30. The van der Waals surface area contributed by atoms with Gasteiger partial charge in [-0.1, -0.05) is 58.8 Å². The number of terminal acetylenes is 1. The molecule has 0 heterocycles. The molecule has 0 N–H and O–H groups in total. The molecule has 68 valence electrons. The molecule has 0 fully saturated rings. The fraction of sp³-hybridized carbons (Fsp3) is 0.273. The third-order valence-corrected chi connectivity index (χ3v) is 2.48. The zero-order chi connectivity index (χ0) is 9.52. The summed E-state index contributed by atoms with van der Waals surface area (Å²) in [6.07, 6.45) is 5.26. The maximum Gasteiger partial charge on any atom is 0.108 e. The van der Waals surface area contributed by atoms with E-state index in [0.29, 0.717) is 6.61 Å². The molecule has 13 heavy (non-hydrogen) atoms. The van der Waals surface area contributed by atoms with Gasteiger partial charge in [0.1, 0.15) is 6.61 Å². The molecule has 1 rings (SSSR count). The molecular formula is C11H11IO. The molecule has 0 aliphatic rings. The predicted molar refractivity (Wildman–Crippen MR) is 62.9 cm³/mol. The average molecular weight is 286 g/mol. The lowest BCUT2D eigenvalue weighted by atomic mass is 10.1. The van der Waals surface area contributed by atoms with Crippen LogP contribution in [0.15, 0.2) is 30.3 Å². The Morgan fingerprint density at radius 3 is 2.62 bits per heavy atom. The van der Waals surface area contributed by atoms with Gasteiger partial charge in [-0.2, -0.15) is 0 Å². The van der Waals surface area contributed by atoms with Crippen molar-refractivity contribution in [3.8, 4) is 12.3 Å². The standard InChI is InChI=1S/C11H11IO/c1-2-8-13-11(9-12)10-6-4-3-5-7-10/h1,3-7,11H,8-9H2. The van der Waals surface area contributed by atoms with E-state index in [9.17, 15) is 0 Å². The maximum absolute atomic E-state index is 5.48. The van der Waals surface area contributed by atoms with Crippen molar-refractivity contribution in [1.82, 2.24) is 0 Å². The fourth-order valence-corrected chi connectivity index (χ4v) is 1.81. The van der Waals surface area contributed by atoms with Crippen LogP contribution in [0.3, 0.4) is 0 Å². The number of halogens is 1. The summed E-state index contributed by atoms with van der Waals surface area (Å²) in [4.78, 5) is 0. The number of hydrogen-bond acceptors (Lipinski definition) is 1. The first kappa shape index (κ1) is 10.6. The van der Waals surface area contributed by atoms with Crippen LogP contribution in [0.25, 0.3) is 0 Å². The van der Waals surface area contributed by atoms with Crippen LogP contribution >= 0.6 is 22.6 Å². The van der Waals surface area contributed by atoms with Gasteiger partial charge >= 0.3 is 0 Å². The molecule has 0 aliphatic carbocycles. The molecule has 1 atom stereocenters. The first-order valence-corrected chi connectivity index (χ1v) is 5.57. The smallest absolute Gasteiger partial charge is 0.108 e. The minimum Gasteiger partial charge on any atom is -0.360 e. The van der Waals surface area contributed by atoms with Crippen molar-refractivity contribution in [2.24, 2.45) is 0 Å². The molecule has 1 aromatic carbocycles. The first-order valence-electron chi connectivity index (χ1n) is 4.04. The summed E-state index contributed by atoms with van der Waals surface area (Å²) in [6.45, 7) is 0.378. The van der Waals surface area contributed by atoms with Gasteiger partial charge in [0.2, 0.25) is 0 Å². The number of rotatable bonds is 4.